The van der Waals surface area contributed by atoms with Crippen molar-refractivity contribution in [1.82, 2.24) is 4.90 Å². The molecule has 1 N–H and O–H groups in total. The summed E-state index contributed by atoms with van der Waals surface area (Å²) in [7, 11) is 0. The molecule has 0 radical (unpaired) electrons. The first-order valence-corrected chi connectivity index (χ1v) is 10.3. The molecule has 2 aromatic rings. The van der Waals surface area contributed by atoms with Crippen LogP contribution in [0.2, 0.25) is 0 Å². The highest BCUT2D eigenvalue weighted by Gasteiger charge is 2.32. The highest BCUT2D eigenvalue weighted by Crippen LogP contribution is 2.36. The second-order valence-electron chi connectivity index (χ2n) is 7.66. The SMILES string of the molecule is Cc1ccccc1C(=O)Nc1ccc2c(c1)N(CCN1CCOCC1)C(=O)C(C)O2. The van der Waals surface area contributed by atoms with Crippen LogP contribution < -0.4 is 15.0 Å². The van der Waals surface area contributed by atoms with E-state index in [4.69, 9.17) is 9.47 Å². The molecule has 158 valence electrons. The molecule has 0 aromatic heterocycles. The molecular formula is C23H27N3O4. The Morgan fingerprint density at radius 2 is 1.90 bits per heavy atom. The summed E-state index contributed by atoms with van der Waals surface area (Å²) < 4.78 is 11.2. The molecule has 2 aliphatic rings. The Morgan fingerprint density at radius 1 is 1.13 bits per heavy atom. The van der Waals surface area contributed by atoms with E-state index in [1.807, 2.05) is 37.3 Å². The van der Waals surface area contributed by atoms with Crippen molar-refractivity contribution in [3.8, 4) is 5.75 Å². The summed E-state index contributed by atoms with van der Waals surface area (Å²) in [5, 5.41) is 2.94. The molecule has 0 spiro atoms. The van der Waals surface area contributed by atoms with Gasteiger partial charge in [0.25, 0.3) is 11.8 Å². The van der Waals surface area contributed by atoms with E-state index in [1.165, 1.54) is 0 Å². The summed E-state index contributed by atoms with van der Waals surface area (Å²) >= 11 is 0. The van der Waals surface area contributed by atoms with Crippen molar-refractivity contribution in [2.75, 3.05) is 49.6 Å². The zero-order chi connectivity index (χ0) is 21.1. The lowest BCUT2D eigenvalue weighted by atomic mass is 10.1. The number of nitrogens with one attached hydrogen (secondary N) is 1. The molecule has 1 atom stereocenters. The largest absolute Gasteiger partial charge is 0.479 e. The third kappa shape index (κ3) is 4.32. The summed E-state index contributed by atoms with van der Waals surface area (Å²) in [6.07, 6.45) is -0.533. The van der Waals surface area contributed by atoms with Gasteiger partial charge in [0, 0.05) is 37.4 Å². The second-order valence-corrected chi connectivity index (χ2v) is 7.66. The van der Waals surface area contributed by atoms with Crippen molar-refractivity contribution in [3.63, 3.8) is 0 Å². The van der Waals surface area contributed by atoms with E-state index in [0.29, 0.717) is 29.2 Å². The molecular weight excluding hydrogens is 382 g/mol. The van der Waals surface area contributed by atoms with Crippen LogP contribution in [0.25, 0.3) is 0 Å². The minimum Gasteiger partial charge on any atom is -0.479 e. The molecule has 2 aliphatic heterocycles. The average molecular weight is 409 g/mol. The fraction of sp³-hybridized carbons (Fsp3) is 0.391. The number of rotatable bonds is 5. The summed E-state index contributed by atoms with van der Waals surface area (Å²) in [4.78, 5) is 29.6. The number of ether oxygens (including phenoxy) is 2. The molecule has 30 heavy (non-hydrogen) atoms. The van der Waals surface area contributed by atoms with Crippen LogP contribution in [0, 0.1) is 6.92 Å². The van der Waals surface area contributed by atoms with Gasteiger partial charge in [-0.2, -0.15) is 0 Å². The highest BCUT2D eigenvalue weighted by molar-refractivity contribution is 6.06. The number of anilines is 2. The Labute approximate surface area is 176 Å². The smallest absolute Gasteiger partial charge is 0.267 e. The lowest BCUT2D eigenvalue weighted by molar-refractivity contribution is -0.125. The van der Waals surface area contributed by atoms with Gasteiger partial charge in [-0.1, -0.05) is 18.2 Å². The van der Waals surface area contributed by atoms with E-state index < -0.39 is 6.10 Å². The van der Waals surface area contributed by atoms with Gasteiger partial charge in [0.1, 0.15) is 5.75 Å². The van der Waals surface area contributed by atoms with Crippen molar-refractivity contribution in [2.24, 2.45) is 0 Å². The lowest BCUT2D eigenvalue weighted by Gasteiger charge is -2.35. The molecule has 2 amide bonds. The predicted molar refractivity (Wildman–Crippen MR) is 115 cm³/mol. The van der Waals surface area contributed by atoms with Gasteiger partial charge in [0.05, 0.1) is 18.9 Å². The van der Waals surface area contributed by atoms with E-state index in [0.717, 1.165) is 38.4 Å². The Bertz CT molecular complexity index is 940. The summed E-state index contributed by atoms with van der Waals surface area (Å²) in [5.41, 5.74) is 2.85. The maximum atomic E-state index is 12.8. The predicted octanol–water partition coefficient (Wildman–Crippen LogP) is 2.69. The van der Waals surface area contributed by atoms with Crippen molar-refractivity contribution >= 4 is 23.2 Å². The molecule has 2 heterocycles. The van der Waals surface area contributed by atoms with Gasteiger partial charge in [-0.05, 0) is 43.7 Å². The minimum absolute atomic E-state index is 0.0712. The van der Waals surface area contributed by atoms with Gasteiger partial charge in [-0.3, -0.25) is 14.5 Å². The number of fused-ring (bicyclic) bond motifs is 1. The topological polar surface area (TPSA) is 71.1 Å². The molecule has 0 aliphatic carbocycles. The first-order chi connectivity index (χ1) is 14.5. The number of hydrogen-bond donors (Lipinski definition) is 1. The first-order valence-electron chi connectivity index (χ1n) is 10.3. The fourth-order valence-electron chi connectivity index (χ4n) is 3.81. The standard InChI is InChI=1S/C23H27N3O4/c1-16-5-3-4-6-19(16)22(27)24-18-7-8-21-20(15-18)26(23(28)17(2)30-21)10-9-25-11-13-29-14-12-25/h3-8,15,17H,9-14H2,1-2H3,(H,24,27). The molecule has 1 saturated heterocycles. The fourth-order valence-corrected chi connectivity index (χ4v) is 3.81. The Hall–Kier alpha value is -2.90. The zero-order valence-corrected chi connectivity index (χ0v) is 17.4. The van der Waals surface area contributed by atoms with Gasteiger partial charge < -0.3 is 19.7 Å². The number of carbonyl (C=O) groups excluding carboxylic acids is 2. The molecule has 1 fully saturated rings. The van der Waals surface area contributed by atoms with Crippen LogP contribution in [0.1, 0.15) is 22.8 Å². The van der Waals surface area contributed by atoms with E-state index >= 15 is 0 Å². The number of aryl methyl sites for hydroxylation is 1. The molecule has 7 heteroatoms. The van der Waals surface area contributed by atoms with Crippen molar-refractivity contribution in [3.05, 3.63) is 53.6 Å². The molecule has 0 bridgehead atoms. The Morgan fingerprint density at radius 3 is 2.67 bits per heavy atom. The number of carbonyl (C=O) groups is 2. The summed E-state index contributed by atoms with van der Waals surface area (Å²) in [5.74, 6) is 0.403. The number of benzene rings is 2. The minimum atomic E-state index is -0.533. The highest BCUT2D eigenvalue weighted by atomic mass is 16.5. The lowest BCUT2D eigenvalue weighted by Crippen LogP contribution is -2.48. The van der Waals surface area contributed by atoms with Crippen LogP contribution in [0.3, 0.4) is 0 Å². The van der Waals surface area contributed by atoms with Gasteiger partial charge in [-0.25, -0.2) is 0 Å². The monoisotopic (exact) mass is 409 g/mol. The third-order valence-electron chi connectivity index (χ3n) is 5.56. The van der Waals surface area contributed by atoms with Crippen molar-refractivity contribution < 1.29 is 19.1 Å². The normalized spacial score (nSPS) is 19.2. The van der Waals surface area contributed by atoms with Gasteiger partial charge in [-0.15, -0.1) is 0 Å². The zero-order valence-electron chi connectivity index (χ0n) is 17.4. The summed E-state index contributed by atoms with van der Waals surface area (Å²) in [6.45, 7) is 8.18. The van der Waals surface area contributed by atoms with Crippen LogP contribution in [0.4, 0.5) is 11.4 Å². The van der Waals surface area contributed by atoms with Crippen LogP contribution in [0.15, 0.2) is 42.5 Å². The van der Waals surface area contributed by atoms with Crippen LogP contribution in [-0.4, -0.2) is 62.2 Å². The van der Waals surface area contributed by atoms with Crippen molar-refractivity contribution in [1.29, 1.82) is 0 Å². The van der Waals surface area contributed by atoms with E-state index in [9.17, 15) is 9.59 Å². The quantitative estimate of drug-likeness (QED) is 0.822. The first kappa shape index (κ1) is 20.4. The Balaban J connectivity index is 1.54. The molecule has 1 unspecified atom stereocenters. The van der Waals surface area contributed by atoms with Crippen LogP contribution in [0.5, 0.6) is 5.75 Å². The maximum absolute atomic E-state index is 12.8. The van der Waals surface area contributed by atoms with Gasteiger partial charge in [0.15, 0.2) is 6.10 Å². The van der Waals surface area contributed by atoms with Crippen molar-refractivity contribution in [2.45, 2.75) is 20.0 Å². The Kier molecular flexibility index (Phi) is 6.01. The molecule has 0 saturated carbocycles. The number of nitrogens with zero attached hydrogens (tertiary/aromatic N) is 2. The number of morpholine rings is 1. The second kappa shape index (κ2) is 8.85. The van der Waals surface area contributed by atoms with Crippen LogP contribution >= 0.6 is 0 Å². The van der Waals surface area contributed by atoms with E-state index in [1.54, 1.807) is 24.0 Å². The van der Waals surface area contributed by atoms with E-state index in [-0.39, 0.29) is 11.8 Å². The average Bonchev–Trinajstić information content (AvgIpc) is 2.75. The molecule has 2 aromatic carbocycles. The molecule has 7 nitrogen and oxygen atoms in total. The third-order valence-corrected chi connectivity index (χ3v) is 5.56. The molecule has 4 rings (SSSR count). The van der Waals surface area contributed by atoms with Gasteiger partial charge >= 0.3 is 0 Å². The number of hydrogen-bond acceptors (Lipinski definition) is 5. The number of amides is 2. The maximum Gasteiger partial charge on any atom is 0.267 e. The summed E-state index contributed by atoms with van der Waals surface area (Å²) in [6, 6.07) is 12.9. The van der Waals surface area contributed by atoms with Gasteiger partial charge in [0.2, 0.25) is 0 Å². The van der Waals surface area contributed by atoms with E-state index in [2.05, 4.69) is 10.2 Å². The van der Waals surface area contributed by atoms with Crippen LogP contribution in [-0.2, 0) is 9.53 Å².